The summed E-state index contributed by atoms with van der Waals surface area (Å²) >= 11 is 0. The predicted octanol–water partition coefficient (Wildman–Crippen LogP) is 1.22. The molecule has 5 nitrogen and oxygen atoms in total. The maximum Gasteiger partial charge on any atom is 0.326 e. The molecular weight excluding hydrogens is 234 g/mol. The van der Waals surface area contributed by atoms with Gasteiger partial charge in [0.15, 0.2) is 0 Å². The van der Waals surface area contributed by atoms with Gasteiger partial charge in [0.25, 0.3) is 0 Å². The second-order valence-electron chi connectivity index (χ2n) is 3.87. The van der Waals surface area contributed by atoms with Crippen molar-refractivity contribution in [2.45, 2.75) is 25.8 Å². The SMILES string of the molecule is CCCOc1ccc(C[C@H](NC=O)C(=O)O)cc1. The minimum atomic E-state index is -1.05. The molecule has 0 aliphatic heterocycles. The first-order chi connectivity index (χ1) is 8.67. The molecule has 1 rings (SSSR count). The van der Waals surface area contributed by atoms with E-state index in [9.17, 15) is 9.59 Å². The van der Waals surface area contributed by atoms with Crippen molar-refractivity contribution in [3.8, 4) is 5.75 Å². The van der Waals surface area contributed by atoms with Gasteiger partial charge in [-0.25, -0.2) is 4.79 Å². The molecule has 2 N–H and O–H groups in total. The molecule has 0 unspecified atom stereocenters. The number of hydrogen-bond donors (Lipinski definition) is 2. The van der Waals surface area contributed by atoms with Crippen molar-refractivity contribution < 1.29 is 19.4 Å². The molecule has 0 spiro atoms. The van der Waals surface area contributed by atoms with Crippen molar-refractivity contribution in [1.29, 1.82) is 0 Å². The van der Waals surface area contributed by atoms with Gasteiger partial charge in [-0.05, 0) is 24.1 Å². The Balaban J connectivity index is 2.61. The molecule has 1 amide bonds. The fourth-order valence-corrected chi connectivity index (χ4v) is 1.48. The van der Waals surface area contributed by atoms with Gasteiger partial charge in [-0.3, -0.25) is 4.79 Å². The minimum absolute atomic E-state index is 0.252. The largest absolute Gasteiger partial charge is 0.494 e. The molecule has 1 aromatic rings. The number of carboxylic acids is 1. The lowest BCUT2D eigenvalue weighted by Crippen LogP contribution is -2.37. The van der Waals surface area contributed by atoms with Crippen LogP contribution in [0.4, 0.5) is 0 Å². The summed E-state index contributed by atoms with van der Waals surface area (Å²) in [4.78, 5) is 21.1. The highest BCUT2D eigenvalue weighted by molar-refractivity contribution is 5.76. The van der Waals surface area contributed by atoms with Gasteiger partial charge in [-0.1, -0.05) is 19.1 Å². The average Bonchev–Trinajstić information content (AvgIpc) is 2.37. The zero-order chi connectivity index (χ0) is 13.4. The third-order valence-electron chi connectivity index (χ3n) is 2.40. The van der Waals surface area contributed by atoms with Gasteiger partial charge in [0, 0.05) is 6.42 Å². The summed E-state index contributed by atoms with van der Waals surface area (Å²) in [6.45, 7) is 2.68. The number of benzene rings is 1. The Morgan fingerprint density at radius 1 is 1.44 bits per heavy atom. The van der Waals surface area contributed by atoms with Gasteiger partial charge in [0.1, 0.15) is 11.8 Å². The molecular formula is C13H17NO4. The van der Waals surface area contributed by atoms with E-state index in [1.807, 2.05) is 6.92 Å². The lowest BCUT2D eigenvalue weighted by Gasteiger charge is -2.11. The first-order valence-corrected chi connectivity index (χ1v) is 5.81. The van der Waals surface area contributed by atoms with Crippen molar-refractivity contribution in [2.75, 3.05) is 6.61 Å². The van der Waals surface area contributed by atoms with E-state index in [4.69, 9.17) is 9.84 Å². The Bertz CT molecular complexity index is 388. The van der Waals surface area contributed by atoms with E-state index in [0.717, 1.165) is 17.7 Å². The molecule has 1 aromatic carbocycles. The van der Waals surface area contributed by atoms with Gasteiger partial charge in [0.05, 0.1) is 6.61 Å². The maximum atomic E-state index is 10.9. The lowest BCUT2D eigenvalue weighted by molar-refractivity contribution is -0.140. The van der Waals surface area contributed by atoms with Crippen LogP contribution in [0.2, 0.25) is 0 Å². The Labute approximate surface area is 106 Å². The third-order valence-corrected chi connectivity index (χ3v) is 2.40. The quantitative estimate of drug-likeness (QED) is 0.681. The Kier molecular flexibility index (Phi) is 5.70. The molecule has 18 heavy (non-hydrogen) atoms. The highest BCUT2D eigenvalue weighted by Gasteiger charge is 2.16. The summed E-state index contributed by atoms with van der Waals surface area (Å²) in [5.41, 5.74) is 0.834. The summed E-state index contributed by atoms with van der Waals surface area (Å²) in [6.07, 6.45) is 1.59. The van der Waals surface area contributed by atoms with Crippen LogP contribution in [0.5, 0.6) is 5.75 Å². The number of amides is 1. The van der Waals surface area contributed by atoms with Crippen LogP contribution in [-0.4, -0.2) is 30.1 Å². The van der Waals surface area contributed by atoms with E-state index < -0.39 is 12.0 Å². The van der Waals surface area contributed by atoms with Gasteiger partial charge >= 0.3 is 5.97 Å². The number of carbonyl (C=O) groups excluding carboxylic acids is 1. The molecule has 0 heterocycles. The molecule has 0 aliphatic rings. The monoisotopic (exact) mass is 251 g/mol. The fourth-order valence-electron chi connectivity index (χ4n) is 1.48. The standard InChI is InChI=1S/C13H17NO4/c1-2-7-18-11-5-3-10(4-6-11)8-12(13(16)17)14-9-15/h3-6,9,12H,2,7-8H2,1H3,(H,14,15)(H,16,17)/t12-/m0/s1. The number of aliphatic carboxylic acids is 1. The van der Waals surface area contributed by atoms with Gasteiger partial charge < -0.3 is 15.2 Å². The molecule has 0 radical (unpaired) electrons. The second-order valence-corrected chi connectivity index (χ2v) is 3.87. The topological polar surface area (TPSA) is 75.6 Å². The van der Waals surface area contributed by atoms with E-state index in [2.05, 4.69) is 5.32 Å². The molecule has 0 bridgehead atoms. The molecule has 0 saturated carbocycles. The number of rotatable bonds is 8. The van der Waals surface area contributed by atoms with Crippen LogP contribution in [0.25, 0.3) is 0 Å². The summed E-state index contributed by atoms with van der Waals surface area (Å²) < 4.78 is 5.42. The highest BCUT2D eigenvalue weighted by atomic mass is 16.5. The van der Waals surface area contributed by atoms with Gasteiger partial charge in [-0.2, -0.15) is 0 Å². The van der Waals surface area contributed by atoms with Gasteiger partial charge in [-0.15, -0.1) is 0 Å². The fraction of sp³-hybridized carbons (Fsp3) is 0.385. The molecule has 0 aliphatic carbocycles. The smallest absolute Gasteiger partial charge is 0.326 e. The summed E-state index contributed by atoms with van der Waals surface area (Å²) in [6, 6.07) is 6.29. The molecule has 0 fully saturated rings. The van der Waals surface area contributed by atoms with Crippen molar-refractivity contribution in [3.05, 3.63) is 29.8 Å². The summed E-state index contributed by atoms with van der Waals surface area (Å²) in [5.74, 6) is -0.288. The summed E-state index contributed by atoms with van der Waals surface area (Å²) in [7, 11) is 0. The molecule has 98 valence electrons. The van der Waals surface area contributed by atoms with Crippen LogP contribution < -0.4 is 10.1 Å². The van der Waals surface area contributed by atoms with E-state index >= 15 is 0 Å². The van der Waals surface area contributed by atoms with Crippen molar-refractivity contribution in [2.24, 2.45) is 0 Å². The number of carboxylic acid groups (broad SMARTS) is 1. The zero-order valence-electron chi connectivity index (χ0n) is 10.3. The van der Waals surface area contributed by atoms with E-state index in [-0.39, 0.29) is 6.42 Å². The predicted molar refractivity (Wildman–Crippen MR) is 66.6 cm³/mol. The minimum Gasteiger partial charge on any atom is -0.494 e. The van der Waals surface area contributed by atoms with Crippen LogP contribution in [0.3, 0.4) is 0 Å². The Morgan fingerprint density at radius 3 is 2.61 bits per heavy atom. The first kappa shape index (κ1) is 14.0. The van der Waals surface area contributed by atoms with Gasteiger partial charge in [0.2, 0.25) is 6.41 Å². The van der Waals surface area contributed by atoms with E-state index in [1.165, 1.54) is 0 Å². The second kappa shape index (κ2) is 7.32. The van der Waals surface area contributed by atoms with Crippen LogP contribution in [0.1, 0.15) is 18.9 Å². The molecule has 0 saturated heterocycles. The molecule has 5 heteroatoms. The number of hydrogen-bond acceptors (Lipinski definition) is 3. The summed E-state index contributed by atoms with van der Waals surface area (Å²) in [5, 5.41) is 11.2. The molecule has 0 aromatic heterocycles. The highest BCUT2D eigenvalue weighted by Crippen LogP contribution is 2.13. The van der Waals surface area contributed by atoms with Crippen LogP contribution in [0.15, 0.2) is 24.3 Å². The third kappa shape index (κ3) is 4.45. The van der Waals surface area contributed by atoms with Crippen molar-refractivity contribution in [3.63, 3.8) is 0 Å². The van der Waals surface area contributed by atoms with Crippen molar-refractivity contribution >= 4 is 12.4 Å². The van der Waals surface area contributed by atoms with Crippen molar-refractivity contribution in [1.82, 2.24) is 5.32 Å². The van der Waals surface area contributed by atoms with Crippen LogP contribution in [0, 0.1) is 0 Å². The van der Waals surface area contributed by atoms with Crippen LogP contribution in [-0.2, 0) is 16.0 Å². The van der Waals surface area contributed by atoms with E-state index in [0.29, 0.717) is 13.0 Å². The average molecular weight is 251 g/mol. The number of ether oxygens (including phenoxy) is 1. The number of carbonyl (C=O) groups is 2. The Hall–Kier alpha value is -2.04. The normalized spacial score (nSPS) is 11.6. The zero-order valence-corrected chi connectivity index (χ0v) is 10.3. The lowest BCUT2D eigenvalue weighted by atomic mass is 10.1. The number of nitrogens with one attached hydrogen (secondary N) is 1. The first-order valence-electron chi connectivity index (χ1n) is 5.81. The van der Waals surface area contributed by atoms with E-state index in [1.54, 1.807) is 24.3 Å². The maximum absolute atomic E-state index is 10.9. The van der Waals surface area contributed by atoms with Crippen LogP contribution >= 0.6 is 0 Å². The molecule has 1 atom stereocenters. The Morgan fingerprint density at radius 2 is 2.11 bits per heavy atom.